The summed E-state index contributed by atoms with van der Waals surface area (Å²) in [6.45, 7) is 5.95. The van der Waals surface area contributed by atoms with Crippen molar-refractivity contribution in [3.05, 3.63) is 59.1 Å². The first-order chi connectivity index (χ1) is 14.7. The molecule has 6 nitrogen and oxygen atoms in total. The van der Waals surface area contributed by atoms with Gasteiger partial charge < -0.3 is 20.6 Å². The number of guanidine groups is 1. The van der Waals surface area contributed by atoms with E-state index in [0.717, 1.165) is 35.9 Å². The lowest BCUT2D eigenvalue weighted by molar-refractivity contribution is 0.184. The molecule has 0 saturated carbocycles. The van der Waals surface area contributed by atoms with E-state index in [4.69, 9.17) is 4.99 Å². The minimum atomic E-state index is -0.575. The van der Waals surface area contributed by atoms with Crippen molar-refractivity contribution < 1.29 is 5.11 Å². The van der Waals surface area contributed by atoms with E-state index >= 15 is 0 Å². The SMILES string of the molecule is CCNC(=NCc1ccnc(N2CCCC2)c1)NCC(O)c1cc2ccccc2s1. The molecule has 3 aromatic rings. The van der Waals surface area contributed by atoms with Gasteiger partial charge in [-0.3, -0.25) is 0 Å². The van der Waals surface area contributed by atoms with Gasteiger partial charge in [0.1, 0.15) is 11.9 Å². The number of hydrogen-bond acceptors (Lipinski definition) is 5. The molecular formula is C23H29N5OS. The number of pyridine rings is 1. The molecule has 0 spiro atoms. The van der Waals surface area contributed by atoms with Crippen molar-refractivity contribution in [1.82, 2.24) is 15.6 Å². The molecule has 1 aliphatic heterocycles. The molecule has 1 unspecified atom stereocenters. The van der Waals surface area contributed by atoms with E-state index in [1.165, 1.54) is 22.9 Å². The van der Waals surface area contributed by atoms with Crippen LogP contribution in [0.5, 0.6) is 0 Å². The molecule has 4 rings (SSSR count). The minimum absolute atomic E-state index is 0.411. The Labute approximate surface area is 181 Å². The second kappa shape index (κ2) is 9.91. The molecule has 1 aliphatic rings. The molecule has 7 heteroatoms. The summed E-state index contributed by atoms with van der Waals surface area (Å²) in [5.41, 5.74) is 1.13. The Bertz CT molecular complexity index is 963. The first-order valence-corrected chi connectivity index (χ1v) is 11.4. The third-order valence-corrected chi connectivity index (χ3v) is 6.46. The molecule has 3 heterocycles. The highest BCUT2D eigenvalue weighted by Crippen LogP contribution is 2.29. The van der Waals surface area contributed by atoms with Crippen molar-refractivity contribution >= 4 is 33.2 Å². The van der Waals surface area contributed by atoms with Crippen molar-refractivity contribution in [3.63, 3.8) is 0 Å². The first kappa shape index (κ1) is 20.6. The van der Waals surface area contributed by atoms with Gasteiger partial charge in [-0.05, 0) is 55.0 Å². The standard InChI is InChI=1S/C23H29N5OS/c1-2-24-23(26-15-17-9-10-25-22(13-17)28-11-5-6-12-28)27-16-19(29)21-14-18-7-3-4-8-20(18)30-21/h3-4,7-10,13-14,19,29H,2,5-6,11-12,15-16H2,1H3,(H2,24,26,27). The zero-order valence-electron chi connectivity index (χ0n) is 17.3. The summed E-state index contributed by atoms with van der Waals surface area (Å²) in [4.78, 5) is 12.5. The number of aliphatic hydroxyl groups is 1. The molecule has 0 radical (unpaired) electrons. The normalized spacial score (nSPS) is 15.5. The van der Waals surface area contributed by atoms with E-state index in [1.807, 2.05) is 31.3 Å². The molecule has 158 valence electrons. The Morgan fingerprint density at radius 3 is 2.83 bits per heavy atom. The fourth-order valence-electron chi connectivity index (χ4n) is 3.65. The van der Waals surface area contributed by atoms with E-state index < -0.39 is 6.10 Å². The van der Waals surface area contributed by atoms with E-state index in [0.29, 0.717) is 19.0 Å². The Balaban J connectivity index is 1.38. The van der Waals surface area contributed by atoms with Gasteiger partial charge in [0.2, 0.25) is 0 Å². The number of fused-ring (bicyclic) bond motifs is 1. The average molecular weight is 424 g/mol. The first-order valence-electron chi connectivity index (χ1n) is 10.6. The van der Waals surface area contributed by atoms with Crippen LogP contribution in [0.4, 0.5) is 5.82 Å². The second-order valence-electron chi connectivity index (χ2n) is 7.49. The molecule has 2 aromatic heterocycles. The number of thiophene rings is 1. The zero-order chi connectivity index (χ0) is 20.8. The molecule has 1 atom stereocenters. The van der Waals surface area contributed by atoms with Crippen LogP contribution < -0.4 is 15.5 Å². The van der Waals surface area contributed by atoms with Gasteiger partial charge in [-0.2, -0.15) is 0 Å². The van der Waals surface area contributed by atoms with Crippen LogP contribution in [-0.4, -0.2) is 42.2 Å². The highest BCUT2D eigenvalue weighted by molar-refractivity contribution is 7.19. The molecule has 3 N–H and O–H groups in total. The maximum absolute atomic E-state index is 10.6. The second-order valence-corrected chi connectivity index (χ2v) is 8.61. The number of hydrogen-bond donors (Lipinski definition) is 3. The Kier molecular flexibility index (Phi) is 6.81. The third kappa shape index (κ3) is 5.09. The van der Waals surface area contributed by atoms with Gasteiger partial charge in [0, 0.05) is 42.0 Å². The molecule has 1 saturated heterocycles. The number of rotatable bonds is 7. The number of aromatic nitrogens is 1. The van der Waals surface area contributed by atoms with Crippen LogP contribution >= 0.6 is 11.3 Å². The topological polar surface area (TPSA) is 72.8 Å². The number of nitrogens with zero attached hydrogens (tertiary/aromatic N) is 3. The van der Waals surface area contributed by atoms with Crippen molar-refractivity contribution in [2.75, 3.05) is 31.1 Å². The van der Waals surface area contributed by atoms with Gasteiger partial charge in [0.15, 0.2) is 5.96 Å². The maximum Gasteiger partial charge on any atom is 0.191 e. The predicted octanol–water partition coefficient (Wildman–Crippen LogP) is 3.69. The highest BCUT2D eigenvalue weighted by Gasteiger charge is 2.14. The van der Waals surface area contributed by atoms with Crippen molar-refractivity contribution in [1.29, 1.82) is 0 Å². The summed E-state index contributed by atoms with van der Waals surface area (Å²) < 4.78 is 1.19. The van der Waals surface area contributed by atoms with E-state index in [2.05, 4.69) is 44.8 Å². The summed E-state index contributed by atoms with van der Waals surface area (Å²) in [6.07, 6.45) is 3.76. The van der Waals surface area contributed by atoms with Crippen LogP contribution in [0, 0.1) is 0 Å². The smallest absolute Gasteiger partial charge is 0.191 e. The number of nitrogens with one attached hydrogen (secondary N) is 2. The van der Waals surface area contributed by atoms with Gasteiger partial charge in [-0.1, -0.05) is 18.2 Å². The molecule has 1 aromatic carbocycles. The minimum Gasteiger partial charge on any atom is -0.386 e. The highest BCUT2D eigenvalue weighted by atomic mass is 32.1. The molecule has 0 aliphatic carbocycles. The molecule has 0 bridgehead atoms. The molecule has 30 heavy (non-hydrogen) atoms. The average Bonchev–Trinajstić information content (AvgIpc) is 3.46. The number of anilines is 1. The van der Waals surface area contributed by atoms with Crippen LogP contribution in [-0.2, 0) is 6.54 Å². The van der Waals surface area contributed by atoms with Crippen LogP contribution in [0.15, 0.2) is 53.7 Å². The fourth-order valence-corrected chi connectivity index (χ4v) is 4.70. The molecule has 0 amide bonds. The van der Waals surface area contributed by atoms with Gasteiger partial charge >= 0.3 is 0 Å². The lowest BCUT2D eigenvalue weighted by atomic mass is 10.2. The van der Waals surface area contributed by atoms with E-state index in [1.54, 1.807) is 11.3 Å². The number of aliphatic hydroxyl groups excluding tert-OH is 1. The van der Waals surface area contributed by atoms with Crippen LogP contribution in [0.25, 0.3) is 10.1 Å². The Morgan fingerprint density at radius 1 is 1.20 bits per heavy atom. The van der Waals surface area contributed by atoms with Crippen LogP contribution in [0.3, 0.4) is 0 Å². The summed E-state index contributed by atoms with van der Waals surface area (Å²) >= 11 is 1.63. The van der Waals surface area contributed by atoms with Crippen LogP contribution in [0.2, 0.25) is 0 Å². The van der Waals surface area contributed by atoms with E-state index in [-0.39, 0.29) is 0 Å². The molecule has 1 fully saturated rings. The Morgan fingerprint density at radius 2 is 2.03 bits per heavy atom. The van der Waals surface area contributed by atoms with E-state index in [9.17, 15) is 5.11 Å². The van der Waals surface area contributed by atoms with Gasteiger partial charge in [-0.15, -0.1) is 11.3 Å². The van der Waals surface area contributed by atoms with Crippen molar-refractivity contribution in [2.24, 2.45) is 4.99 Å². The largest absolute Gasteiger partial charge is 0.386 e. The van der Waals surface area contributed by atoms with Gasteiger partial charge in [0.25, 0.3) is 0 Å². The summed E-state index contributed by atoms with van der Waals surface area (Å²) in [5.74, 6) is 1.75. The summed E-state index contributed by atoms with van der Waals surface area (Å²) in [7, 11) is 0. The van der Waals surface area contributed by atoms with Crippen molar-refractivity contribution in [3.8, 4) is 0 Å². The summed E-state index contributed by atoms with van der Waals surface area (Å²) in [5, 5.41) is 18.3. The third-order valence-electron chi connectivity index (χ3n) is 5.24. The lowest BCUT2D eigenvalue weighted by Crippen LogP contribution is -2.39. The van der Waals surface area contributed by atoms with Gasteiger partial charge in [-0.25, -0.2) is 9.98 Å². The predicted molar refractivity (Wildman–Crippen MR) is 125 cm³/mol. The maximum atomic E-state index is 10.6. The summed E-state index contributed by atoms with van der Waals surface area (Å²) in [6, 6.07) is 14.4. The van der Waals surface area contributed by atoms with Gasteiger partial charge in [0.05, 0.1) is 6.54 Å². The van der Waals surface area contributed by atoms with Crippen molar-refractivity contribution in [2.45, 2.75) is 32.4 Å². The molecular weight excluding hydrogens is 394 g/mol. The van der Waals surface area contributed by atoms with Crippen LogP contribution in [0.1, 0.15) is 36.3 Å². The lowest BCUT2D eigenvalue weighted by Gasteiger charge is -2.17. The number of aliphatic imine (C=N–C) groups is 1. The zero-order valence-corrected chi connectivity index (χ0v) is 18.2. The quantitative estimate of drug-likeness (QED) is 0.399. The number of benzene rings is 1. The fraction of sp³-hybridized carbons (Fsp3) is 0.391. The Hall–Kier alpha value is -2.64. The monoisotopic (exact) mass is 423 g/mol.